The van der Waals surface area contributed by atoms with Crippen LogP contribution in [0.15, 0.2) is 24.3 Å². The van der Waals surface area contributed by atoms with Gasteiger partial charge in [0.05, 0.1) is 0 Å². The summed E-state index contributed by atoms with van der Waals surface area (Å²) in [6.07, 6.45) is 6.93. The Morgan fingerprint density at radius 3 is 2.04 bits per heavy atom. The fourth-order valence-electron chi connectivity index (χ4n) is 2.82. The summed E-state index contributed by atoms with van der Waals surface area (Å²) in [5.41, 5.74) is 1.40. The fourth-order valence-corrected chi connectivity index (χ4v) is 5.20. The number of aliphatic hydroxyl groups is 1. The molecule has 2 nitrogen and oxygen atoms in total. The Balaban J connectivity index is 2.50. The molecule has 0 aromatic heterocycles. The van der Waals surface area contributed by atoms with Crippen molar-refractivity contribution in [3.63, 3.8) is 0 Å². The Bertz CT molecular complexity index is 463. The minimum Gasteiger partial charge on any atom is -0.543 e. The van der Waals surface area contributed by atoms with Crippen LogP contribution in [0.3, 0.4) is 0 Å². The van der Waals surface area contributed by atoms with E-state index in [1.54, 1.807) is 0 Å². The summed E-state index contributed by atoms with van der Waals surface area (Å²) in [4.78, 5) is 0. The number of rotatable bonds is 11. The molecule has 3 heteroatoms. The second kappa shape index (κ2) is 9.62. The lowest BCUT2D eigenvalue weighted by atomic mass is 9.99. The molecule has 0 aliphatic rings. The SMILES string of the molecule is CC(C)C(C)(C)[Si](C)(C)Oc1ccc(CCCCCCCO)cc1. The monoisotopic (exact) mass is 350 g/mol. The Hall–Kier alpha value is -0.803. The van der Waals surface area contributed by atoms with Crippen LogP contribution in [0.25, 0.3) is 0 Å². The van der Waals surface area contributed by atoms with Crippen LogP contribution in [0.1, 0.15) is 65.4 Å². The van der Waals surface area contributed by atoms with E-state index >= 15 is 0 Å². The summed E-state index contributed by atoms with van der Waals surface area (Å²) >= 11 is 0. The molecule has 0 unspecified atom stereocenters. The Morgan fingerprint density at radius 1 is 0.958 bits per heavy atom. The Morgan fingerprint density at radius 2 is 1.50 bits per heavy atom. The first-order valence-corrected chi connectivity index (χ1v) is 12.5. The molecule has 0 heterocycles. The smallest absolute Gasteiger partial charge is 0.251 e. The number of aryl methyl sites for hydroxylation is 1. The van der Waals surface area contributed by atoms with Crippen LogP contribution < -0.4 is 4.43 Å². The maximum atomic E-state index is 8.78. The predicted molar refractivity (Wildman–Crippen MR) is 107 cm³/mol. The fraction of sp³-hybridized carbons (Fsp3) is 0.714. The molecule has 138 valence electrons. The van der Waals surface area contributed by atoms with Gasteiger partial charge in [0.15, 0.2) is 0 Å². The van der Waals surface area contributed by atoms with Crippen molar-refractivity contribution in [2.75, 3.05) is 6.61 Å². The molecule has 0 radical (unpaired) electrons. The maximum absolute atomic E-state index is 8.78. The van der Waals surface area contributed by atoms with Gasteiger partial charge in [0.2, 0.25) is 0 Å². The van der Waals surface area contributed by atoms with Crippen molar-refractivity contribution in [2.45, 2.75) is 84.4 Å². The zero-order chi connectivity index (χ0) is 18.2. The van der Waals surface area contributed by atoms with Gasteiger partial charge in [0, 0.05) is 6.61 Å². The first-order valence-electron chi connectivity index (χ1n) is 9.59. The largest absolute Gasteiger partial charge is 0.543 e. The topological polar surface area (TPSA) is 29.5 Å². The van der Waals surface area contributed by atoms with Crippen molar-refractivity contribution in [1.29, 1.82) is 0 Å². The lowest BCUT2D eigenvalue weighted by Crippen LogP contribution is -2.47. The van der Waals surface area contributed by atoms with Crippen molar-refractivity contribution < 1.29 is 9.53 Å². The minimum absolute atomic E-state index is 0.236. The average Bonchev–Trinajstić information content (AvgIpc) is 2.51. The van der Waals surface area contributed by atoms with E-state index in [2.05, 4.69) is 65.1 Å². The van der Waals surface area contributed by atoms with E-state index in [1.165, 1.54) is 24.8 Å². The minimum atomic E-state index is -1.82. The maximum Gasteiger partial charge on any atom is 0.251 e. The second-order valence-corrected chi connectivity index (χ2v) is 12.9. The van der Waals surface area contributed by atoms with Gasteiger partial charge in [0.25, 0.3) is 8.32 Å². The zero-order valence-electron chi connectivity index (χ0n) is 16.7. The van der Waals surface area contributed by atoms with Crippen molar-refractivity contribution >= 4 is 8.32 Å². The lowest BCUT2D eigenvalue weighted by molar-refractivity contribution is 0.282. The summed E-state index contributed by atoms with van der Waals surface area (Å²) < 4.78 is 6.47. The molecule has 1 aromatic carbocycles. The van der Waals surface area contributed by atoms with Gasteiger partial charge in [-0.2, -0.15) is 0 Å². The third-order valence-electron chi connectivity index (χ3n) is 5.92. The van der Waals surface area contributed by atoms with E-state index in [4.69, 9.17) is 9.53 Å². The quantitative estimate of drug-likeness (QED) is 0.381. The molecule has 0 fully saturated rings. The highest BCUT2D eigenvalue weighted by molar-refractivity contribution is 6.74. The van der Waals surface area contributed by atoms with Crippen LogP contribution >= 0.6 is 0 Å². The van der Waals surface area contributed by atoms with E-state index in [0.717, 1.165) is 25.0 Å². The van der Waals surface area contributed by atoms with Gasteiger partial charge >= 0.3 is 0 Å². The molecule has 0 saturated carbocycles. The molecule has 0 spiro atoms. The molecule has 0 aliphatic heterocycles. The van der Waals surface area contributed by atoms with Crippen LogP contribution in [-0.2, 0) is 6.42 Å². The van der Waals surface area contributed by atoms with Crippen molar-refractivity contribution in [2.24, 2.45) is 5.92 Å². The number of aliphatic hydroxyl groups excluding tert-OH is 1. The first kappa shape index (κ1) is 21.2. The summed E-state index contributed by atoms with van der Waals surface area (Å²) in [5, 5.41) is 9.02. The molecule has 0 aliphatic carbocycles. The predicted octanol–water partition coefficient (Wildman–Crippen LogP) is 6.19. The zero-order valence-corrected chi connectivity index (χ0v) is 17.7. The number of hydrogen-bond donors (Lipinski definition) is 1. The number of hydrogen-bond acceptors (Lipinski definition) is 2. The van der Waals surface area contributed by atoms with Gasteiger partial charge in [-0.1, -0.05) is 59.1 Å². The van der Waals surface area contributed by atoms with Crippen LogP contribution in [0, 0.1) is 5.92 Å². The van der Waals surface area contributed by atoms with Crippen molar-refractivity contribution in [3.05, 3.63) is 29.8 Å². The third-order valence-corrected chi connectivity index (χ3v) is 10.3. The van der Waals surface area contributed by atoms with Gasteiger partial charge in [-0.05, 0) is 61.0 Å². The standard InChI is InChI=1S/C21H38O2Si/c1-18(2)21(3,4)24(5,6)23-20-15-13-19(14-16-20)12-10-8-7-9-11-17-22/h13-16,18,22H,7-12,17H2,1-6H3. The molecule has 0 atom stereocenters. The highest BCUT2D eigenvalue weighted by Gasteiger charge is 2.44. The third kappa shape index (κ3) is 6.25. The van der Waals surface area contributed by atoms with E-state index in [1.807, 2.05) is 0 Å². The number of unbranched alkanes of at least 4 members (excludes halogenated alkanes) is 4. The summed E-state index contributed by atoms with van der Waals surface area (Å²) in [5.74, 6) is 1.64. The molecule has 0 bridgehead atoms. The normalized spacial score (nSPS) is 12.7. The molecular weight excluding hydrogens is 312 g/mol. The highest BCUT2D eigenvalue weighted by Crippen LogP contribution is 2.44. The molecule has 24 heavy (non-hydrogen) atoms. The van der Waals surface area contributed by atoms with E-state index in [0.29, 0.717) is 12.5 Å². The number of benzene rings is 1. The van der Waals surface area contributed by atoms with Gasteiger partial charge in [-0.15, -0.1) is 0 Å². The van der Waals surface area contributed by atoms with Crippen LogP contribution in [0.4, 0.5) is 0 Å². The molecule has 1 N–H and O–H groups in total. The van der Waals surface area contributed by atoms with E-state index < -0.39 is 8.32 Å². The summed E-state index contributed by atoms with van der Waals surface area (Å²) in [6.45, 7) is 14.3. The van der Waals surface area contributed by atoms with Gasteiger partial charge < -0.3 is 9.53 Å². The van der Waals surface area contributed by atoms with Crippen LogP contribution in [-0.4, -0.2) is 20.0 Å². The van der Waals surface area contributed by atoms with E-state index in [9.17, 15) is 0 Å². The molecule has 0 amide bonds. The van der Waals surface area contributed by atoms with Crippen LogP contribution in [0.5, 0.6) is 5.75 Å². The molecular formula is C21H38O2Si. The summed E-state index contributed by atoms with van der Waals surface area (Å²) in [6, 6.07) is 8.73. The van der Waals surface area contributed by atoms with Gasteiger partial charge in [-0.3, -0.25) is 0 Å². The van der Waals surface area contributed by atoms with Gasteiger partial charge in [-0.25, -0.2) is 0 Å². The van der Waals surface area contributed by atoms with Crippen LogP contribution in [0.2, 0.25) is 18.1 Å². The van der Waals surface area contributed by atoms with Gasteiger partial charge in [0.1, 0.15) is 5.75 Å². The summed E-state index contributed by atoms with van der Waals surface area (Å²) in [7, 11) is -1.82. The van der Waals surface area contributed by atoms with Crippen molar-refractivity contribution in [1.82, 2.24) is 0 Å². The average molecular weight is 351 g/mol. The molecule has 1 rings (SSSR count). The molecule has 1 aromatic rings. The Labute approximate surface area is 150 Å². The second-order valence-electron chi connectivity index (χ2n) is 8.37. The van der Waals surface area contributed by atoms with E-state index in [-0.39, 0.29) is 5.04 Å². The van der Waals surface area contributed by atoms with Crippen molar-refractivity contribution in [3.8, 4) is 5.75 Å². The molecule has 0 saturated heterocycles. The highest BCUT2D eigenvalue weighted by atomic mass is 28.4. The first-order chi connectivity index (χ1) is 11.2. The lowest BCUT2D eigenvalue weighted by Gasteiger charge is -2.42. The Kier molecular flexibility index (Phi) is 8.51.